The predicted octanol–water partition coefficient (Wildman–Crippen LogP) is 1.13. The summed E-state index contributed by atoms with van der Waals surface area (Å²) in [7, 11) is 1.52. The van der Waals surface area contributed by atoms with Gasteiger partial charge in [0.05, 0.1) is 19.3 Å². The van der Waals surface area contributed by atoms with Crippen molar-refractivity contribution in [1.29, 1.82) is 0 Å². The first kappa shape index (κ1) is 21.1. The van der Waals surface area contributed by atoms with E-state index in [2.05, 4.69) is 37.4 Å². The lowest BCUT2D eigenvalue weighted by Gasteiger charge is -2.26. The molecule has 1 atom stereocenters. The van der Waals surface area contributed by atoms with Crippen LogP contribution in [0.15, 0.2) is 55.2 Å². The number of benzene rings is 1. The van der Waals surface area contributed by atoms with Gasteiger partial charge in [0.2, 0.25) is 5.54 Å². The molecule has 2 aromatic heterocycles. The number of fused-ring (bicyclic) bond motifs is 1. The van der Waals surface area contributed by atoms with E-state index >= 15 is 0 Å². The smallest absolute Gasteiger partial charge is 0.323 e. The number of carbonyl (C=O) groups excluding carboxylic acids is 3. The van der Waals surface area contributed by atoms with Crippen LogP contribution in [0, 0.1) is 11.8 Å². The number of hydrogen-bond donors (Lipinski definition) is 2. The van der Waals surface area contributed by atoms with Gasteiger partial charge in [-0.15, -0.1) is 0 Å². The van der Waals surface area contributed by atoms with Gasteiger partial charge in [-0.25, -0.2) is 14.8 Å². The minimum Gasteiger partial charge on any atom is -0.497 e. The number of hydrogen-bond acceptors (Lipinski definition) is 7. The molecule has 168 valence electrons. The van der Waals surface area contributed by atoms with E-state index in [9.17, 15) is 14.4 Å². The highest BCUT2D eigenvalue weighted by atomic mass is 16.5. The monoisotopic (exact) mass is 454 g/mol. The molecule has 4 amide bonds. The molecule has 0 radical (unpaired) electrons. The van der Waals surface area contributed by atoms with Crippen molar-refractivity contribution < 1.29 is 19.1 Å². The second kappa shape index (κ2) is 8.29. The van der Waals surface area contributed by atoms with Crippen LogP contribution in [0.1, 0.15) is 21.5 Å². The van der Waals surface area contributed by atoms with Crippen molar-refractivity contribution in [2.75, 3.05) is 13.7 Å². The van der Waals surface area contributed by atoms with Gasteiger partial charge in [-0.3, -0.25) is 19.9 Å². The molecule has 2 aliphatic rings. The van der Waals surface area contributed by atoms with E-state index < -0.39 is 17.5 Å². The summed E-state index contributed by atoms with van der Waals surface area (Å²) in [4.78, 5) is 51.5. The summed E-state index contributed by atoms with van der Waals surface area (Å²) in [5, 5.41) is 4.82. The number of aromatic nitrogens is 3. The highest BCUT2D eigenvalue weighted by molar-refractivity contribution is 6.10. The van der Waals surface area contributed by atoms with Gasteiger partial charge in [0.15, 0.2) is 0 Å². The topological polar surface area (TPSA) is 126 Å². The number of methoxy groups -OCH3 is 1. The number of nitrogens with zero attached hydrogens (tertiary/aromatic N) is 4. The summed E-state index contributed by atoms with van der Waals surface area (Å²) in [6, 6.07) is 8.08. The second-order valence-corrected chi connectivity index (χ2v) is 7.81. The zero-order valence-corrected chi connectivity index (χ0v) is 18.0. The summed E-state index contributed by atoms with van der Waals surface area (Å²) in [5.74, 6) is 5.46. The summed E-state index contributed by atoms with van der Waals surface area (Å²) in [6.45, 7) is 0.181. The van der Waals surface area contributed by atoms with Crippen molar-refractivity contribution >= 4 is 17.8 Å². The number of imide groups is 1. The molecule has 1 saturated heterocycles. The Labute approximate surface area is 194 Å². The average molecular weight is 454 g/mol. The lowest BCUT2D eigenvalue weighted by Crippen LogP contribution is -2.54. The first-order chi connectivity index (χ1) is 16.5. The summed E-state index contributed by atoms with van der Waals surface area (Å²) in [5.41, 5.74) is 1.67. The van der Waals surface area contributed by atoms with Gasteiger partial charge in [-0.1, -0.05) is 17.9 Å². The fraction of sp³-hybridized carbons (Fsp3) is 0.167. The van der Waals surface area contributed by atoms with E-state index in [1.165, 1.54) is 18.3 Å². The van der Waals surface area contributed by atoms with Crippen LogP contribution in [0.5, 0.6) is 5.75 Å². The maximum absolute atomic E-state index is 13.0. The number of rotatable bonds is 4. The van der Waals surface area contributed by atoms with Crippen LogP contribution >= 0.6 is 0 Å². The lowest BCUT2D eigenvalue weighted by atomic mass is 9.99. The van der Waals surface area contributed by atoms with Gasteiger partial charge < -0.3 is 15.0 Å². The predicted molar refractivity (Wildman–Crippen MR) is 119 cm³/mol. The molecule has 0 spiro atoms. The van der Waals surface area contributed by atoms with E-state index in [1.807, 2.05) is 6.07 Å². The average Bonchev–Trinajstić information content (AvgIpc) is 3.32. The number of amides is 4. The molecule has 0 saturated carbocycles. The molecular weight excluding hydrogens is 436 g/mol. The number of urea groups is 1. The Morgan fingerprint density at radius 2 is 1.94 bits per heavy atom. The van der Waals surface area contributed by atoms with Crippen molar-refractivity contribution in [3.8, 4) is 28.8 Å². The van der Waals surface area contributed by atoms with Crippen LogP contribution in [0.2, 0.25) is 0 Å². The molecule has 1 aromatic carbocycles. The van der Waals surface area contributed by atoms with Gasteiger partial charge in [-0.05, 0) is 29.8 Å². The molecule has 5 rings (SSSR count). The van der Waals surface area contributed by atoms with Crippen molar-refractivity contribution in [2.45, 2.75) is 12.1 Å². The summed E-state index contributed by atoms with van der Waals surface area (Å²) < 4.78 is 5.20. The van der Waals surface area contributed by atoms with Crippen molar-refractivity contribution in [3.63, 3.8) is 0 Å². The van der Waals surface area contributed by atoms with Crippen LogP contribution in [0.25, 0.3) is 11.3 Å². The van der Waals surface area contributed by atoms with Crippen LogP contribution in [-0.2, 0) is 11.3 Å². The van der Waals surface area contributed by atoms with Crippen LogP contribution in [-0.4, -0.2) is 56.9 Å². The standard InChI is InChI=1S/C24H18N6O4/c1-34-18-4-3-16-12-30(21(31)19(16)8-18)13-24(22(32)28-23(33)29-24)7-6-15-2-5-20(27-9-15)17-10-25-14-26-11-17/h2-5,8-11,14H,12-13H2,1H3,(H2,28,29,32,33)/t24-/m1/s1. The third-order valence-corrected chi connectivity index (χ3v) is 5.61. The molecule has 10 heteroatoms. The molecular formula is C24H18N6O4. The van der Waals surface area contributed by atoms with Crippen LogP contribution in [0.4, 0.5) is 4.79 Å². The maximum atomic E-state index is 13.0. The lowest BCUT2D eigenvalue weighted by molar-refractivity contribution is -0.122. The Morgan fingerprint density at radius 3 is 2.62 bits per heavy atom. The van der Waals surface area contributed by atoms with E-state index in [0.717, 1.165) is 11.1 Å². The fourth-order valence-electron chi connectivity index (χ4n) is 3.86. The molecule has 10 nitrogen and oxygen atoms in total. The number of nitrogens with one attached hydrogen (secondary N) is 2. The zero-order valence-electron chi connectivity index (χ0n) is 18.0. The quantitative estimate of drug-likeness (QED) is 0.447. The Morgan fingerprint density at radius 1 is 1.12 bits per heavy atom. The number of pyridine rings is 1. The Balaban J connectivity index is 1.41. The van der Waals surface area contributed by atoms with Gasteiger partial charge in [0, 0.05) is 41.8 Å². The third-order valence-electron chi connectivity index (χ3n) is 5.61. The largest absolute Gasteiger partial charge is 0.497 e. The van der Waals surface area contributed by atoms with Gasteiger partial charge in [0.25, 0.3) is 11.8 Å². The minimum atomic E-state index is -1.59. The highest BCUT2D eigenvalue weighted by Crippen LogP contribution is 2.28. The Bertz CT molecular complexity index is 1360. The summed E-state index contributed by atoms with van der Waals surface area (Å²) in [6.07, 6.45) is 6.29. The number of ether oxygens (including phenoxy) is 1. The maximum Gasteiger partial charge on any atom is 0.323 e. The molecule has 3 aromatic rings. The van der Waals surface area contributed by atoms with Crippen molar-refractivity contribution in [2.24, 2.45) is 0 Å². The van der Waals surface area contributed by atoms with Gasteiger partial charge in [-0.2, -0.15) is 0 Å². The first-order valence-electron chi connectivity index (χ1n) is 10.3. The van der Waals surface area contributed by atoms with E-state index in [-0.39, 0.29) is 12.5 Å². The van der Waals surface area contributed by atoms with Crippen molar-refractivity contribution in [1.82, 2.24) is 30.5 Å². The molecule has 0 bridgehead atoms. The third kappa shape index (κ3) is 3.80. The molecule has 34 heavy (non-hydrogen) atoms. The fourth-order valence-corrected chi connectivity index (χ4v) is 3.86. The minimum absolute atomic E-state index is 0.111. The van der Waals surface area contributed by atoms with Gasteiger partial charge >= 0.3 is 6.03 Å². The van der Waals surface area contributed by atoms with E-state index in [1.54, 1.807) is 42.9 Å². The number of carbonyl (C=O) groups is 3. The van der Waals surface area contributed by atoms with Crippen LogP contribution < -0.4 is 15.4 Å². The Kier molecular flexibility index (Phi) is 5.14. The van der Waals surface area contributed by atoms with E-state index in [4.69, 9.17) is 4.74 Å². The normalized spacial score (nSPS) is 18.6. The molecule has 4 heterocycles. The molecule has 0 aliphatic carbocycles. The molecule has 0 unspecified atom stereocenters. The summed E-state index contributed by atoms with van der Waals surface area (Å²) >= 11 is 0. The van der Waals surface area contributed by atoms with Gasteiger partial charge in [0.1, 0.15) is 12.1 Å². The van der Waals surface area contributed by atoms with Crippen LogP contribution in [0.3, 0.4) is 0 Å². The van der Waals surface area contributed by atoms with E-state index in [0.29, 0.717) is 29.1 Å². The highest BCUT2D eigenvalue weighted by Gasteiger charge is 2.48. The first-order valence-corrected chi connectivity index (χ1v) is 10.3. The Hall–Kier alpha value is -4.78. The zero-order chi connectivity index (χ0) is 23.7. The molecule has 1 fully saturated rings. The van der Waals surface area contributed by atoms with Crippen molar-refractivity contribution in [3.05, 3.63) is 71.9 Å². The molecule has 2 N–H and O–H groups in total. The molecule has 2 aliphatic heterocycles. The second-order valence-electron chi connectivity index (χ2n) is 7.81. The SMILES string of the molecule is COc1ccc2c(c1)C(=O)N(C[C@@]1(C#Cc3ccc(-c4cncnc4)nc3)NC(=O)NC1=O)C2.